The summed E-state index contributed by atoms with van der Waals surface area (Å²) in [4.78, 5) is 26.7. The third-order valence-corrected chi connectivity index (χ3v) is 4.52. The number of nitrogens with zero attached hydrogens (tertiary/aromatic N) is 1. The predicted molar refractivity (Wildman–Crippen MR) is 85.6 cm³/mol. The summed E-state index contributed by atoms with van der Waals surface area (Å²) in [7, 11) is 0. The number of aliphatic hydroxyl groups excluding tert-OH is 1. The minimum Gasteiger partial charge on any atom is -0.395 e. The van der Waals surface area contributed by atoms with Gasteiger partial charge in [-0.15, -0.1) is 0 Å². The summed E-state index contributed by atoms with van der Waals surface area (Å²) in [6.07, 6.45) is 2.31. The number of rotatable bonds is 5. The highest BCUT2D eigenvalue weighted by Crippen LogP contribution is 2.41. The molecule has 2 rings (SSSR count). The molecule has 22 heavy (non-hydrogen) atoms. The Balaban J connectivity index is 2.64. The van der Waals surface area contributed by atoms with Gasteiger partial charge in [0.2, 0.25) is 0 Å². The minimum atomic E-state index is -0.872. The zero-order chi connectivity index (χ0) is 16.3. The fraction of sp³-hybridized carbons (Fsp3) is 0.444. The molecule has 1 heterocycles. The summed E-state index contributed by atoms with van der Waals surface area (Å²) in [5.74, 6) is -0.104. The monoisotopic (exact) mass is 301 g/mol. The second-order valence-corrected chi connectivity index (χ2v) is 5.88. The molecule has 1 atom stereocenters. The van der Waals surface area contributed by atoms with Crippen molar-refractivity contribution in [2.75, 3.05) is 19.7 Å². The van der Waals surface area contributed by atoms with Crippen LogP contribution in [0.5, 0.6) is 0 Å². The number of ketones is 2. The molecule has 0 bridgehead atoms. The molecule has 118 valence electrons. The van der Waals surface area contributed by atoms with E-state index in [1.54, 1.807) is 13.1 Å². The number of aliphatic hydroxyl groups is 1. The molecule has 0 fully saturated rings. The zero-order valence-corrected chi connectivity index (χ0v) is 13.4. The number of aryl methyl sites for hydroxylation is 1. The number of carbonyl (C=O) groups is 2. The van der Waals surface area contributed by atoms with Crippen LogP contribution < -0.4 is 0 Å². The van der Waals surface area contributed by atoms with Crippen LogP contribution in [0.2, 0.25) is 0 Å². The first kappa shape index (κ1) is 16.4. The van der Waals surface area contributed by atoms with E-state index in [1.165, 1.54) is 6.92 Å². The second-order valence-electron chi connectivity index (χ2n) is 5.88. The van der Waals surface area contributed by atoms with Crippen LogP contribution in [-0.4, -0.2) is 41.3 Å². The van der Waals surface area contributed by atoms with Gasteiger partial charge < -0.3 is 10.0 Å². The van der Waals surface area contributed by atoms with Crippen molar-refractivity contribution in [2.45, 2.75) is 32.6 Å². The average Bonchev–Trinajstić information content (AvgIpc) is 2.48. The van der Waals surface area contributed by atoms with E-state index in [-0.39, 0.29) is 18.2 Å². The summed E-state index contributed by atoms with van der Waals surface area (Å²) in [5, 5.41) is 9.12. The van der Waals surface area contributed by atoms with Crippen molar-refractivity contribution < 1.29 is 14.7 Å². The molecule has 1 aliphatic rings. The molecule has 1 aromatic carbocycles. The predicted octanol–water partition coefficient (Wildman–Crippen LogP) is 1.99. The van der Waals surface area contributed by atoms with Crippen molar-refractivity contribution >= 4 is 11.6 Å². The van der Waals surface area contributed by atoms with Gasteiger partial charge in [0.25, 0.3) is 0 Å². The lowest BCUT2D eigenvalue weighted by Crippen LogP contribution is -2.46. The maximum atomic E-state index is 12.6. The molecule has 1 unspecified atom stereocenters. The zero-order valence-electron chi connectivity index (χ0n) is 13.4. The van der Waals surface area contributed by atoms with E-state index in [0.29, 0.717) is 25.1 Å². The van der Waals surface area contributed by atoms with Gasteiger partial charge in [-0.05, 0) is 38.3 Å². The number of allylic oxidation sites excluding steroid dienone is 1. The molecular formula is C18H23NO3. The Hall–Kier alpha value is -1.94. The van der Waals surface area contributed by atoms with Gasteiger partial charge in [0.1, 0.15) is 5.78 Å². The number of Topliss-reactive ketones (excluding diaryl/α,β-unsaturated/α-hetero) is 2. The molecule has 0 spiro atoms. The first-order valence-electron chi connectivity index (χ1n) is 7.58. The quantitative estimate of drug-likeness (QED) is 0.903. The molecule has 1 N–H and O–H groups in total. The number of β-amino-alcohol motifs (C(OH)–C–C–N with tert-alkyl or cyclic N) is 1. The maximum absolute atomic E-state index is 12.6. The van der Waals surface area contributed by atoms with Crippen molar-refractivity contribution in [3.8, 4) is 0 Å². The van der Waals surface area contributed by atoms with Gasteiger partial charge in [-0.2, -0.15) is 0 Å². The van der Waals surface area contributed by atoms with Gasteiger partial charge in [0, 0.05) is 24.9 Å². The molecule has 0 aromatic heterocycles. The second kappa shape index (κ2) is 6.44. The molecule has 4 heteroatoms. The molecule has 0 radical (unpaired) electrons. The number of carbonyl (C=O) groups excluding carboxylic acids is 2. The topological polar surface area (TPSA) is 57.6 Å². The van der Waals surface area contributed by atoms with Gasteiger partial charge >= 0.3 is 0 Å². The first-order valence-corrected chi connectivity index (χ1v) is 7.58. The van der Waals surface area contributed by atoms with E-state index in [0.717, 1.165) is 11.1 Å². The Morgan fingerprint density at radius 1 is 1.27 bits per heavy atom. The molecule has 0 aliphatic carbocycles. The Bertz CT molecular complexity index is 621. The number of hydrogen-bond donors (Lipinski definition) is 1. The van der Waals surface area contributed by atoms with Crippen molar-refractivity contribution in [1.82, 2.24) is 4.90 Å². The summed E-state index contributed by atoms with van der Waals surface area (Å²) < 4.78 is 0. The lowest BCUT2D eigenvalue weighted by molar-refractivity contribution is -0.124. The van der Waals surface area contributed by atoms with Crippen LogP contribution in [0.3, 0.4) is 0 Å². The Morgan fingerprint density at radius 3 is 2.50 bits per heavy atom. The molecular weight excluding hydrogens is 278 g/mol. The van der Waals surface area contributed by atoms with Crippen molar-refractivity contribution in [1.29, 1.82) is 0 Å². The van der Waals surface area contributed by atoms with E-state index in [9.17, 15) is 9.59 Å². The average molecular weight is 301 g/mol. The van der Waals surface area contributed by atoms with E-state index in [2.05, 4.69) is 0 Å². The Morgan fingerprint density at radius 2 is 1.95 bits per heavy atom. The number of hydrogen-bond acceptors (Lipinski definition) is 4. The largest absolute Gasteiger partial charge is 0.395 e. The summed E-state index contributed by atoms with van der Waals surface area (Å²) in [5.41, 5.74) is 1.57. The highest BCUT2D eigenvalue weighted by molar-refractivity contribution is 6.06. The third kappa shape index (κ3) is 2.71. The van der Waals surface area contributed by atoms with Crippen molar-refractivity contribution in [3.05, 3.63) is 47.2 Å². The standard InChI is InChI=1S/C18H23NO3/c1-13-6-4-5-7-16(13)18(15(3)22)8-9-19(10-11-20)12-17(18)14(2)21/h4-7,12,20H,8-11H2,1-3H3. The smallest absolute Gasteiger partial charge is 0.158 e. The van der Waals surface area contributed by atoms with Crippen LogP contribution >= 0.6 is 0 Å². The van der Waals surface area contributed by atoms with Gasteiger partial charge in [0.15, 0.2) is 5.78 Å². The van der Waals surface area contributed by atoms with Crippen LogP contribution in [0.1, 0.15) is 31.4 Å². The maximum Gasteiger partial charge on any atom is 0.158 e. The summed E-state index contributed by atoms with van der Waals surface area (Å²) in [6, 6.07) is 7.75. The van der Waals surface area contributed by atoms with E-state index in [4.69, 9.17) is 5.11 Å². The van der Waals surface area contributed by atoms with Crippen LogP contribution in [0, 0.1) is 6.92 Å². The van der Waals surface area contributed by atoms with Gasteiger partial charge in [0.05, 0.1) is 12.0 Å². The third-order valence-electron chi connectivity index (χ3n) is 4.52. The van der Waals surface area contributed by atoms with E-state index >= 15 is 0 Å². The lowest BCUT2D eigenvalue weighted by atomic mass is 9.65. The fourth-order valence-corrected chi connectivity index (χ4v) is 3.39. The molecule has 1 aromatic rings. The molecule has 4 nitrogen and oxygen atoms in total. The first-order chi connectivity index (χ1) is 10.4. The summed E-state index contributed by atoms with van der Waals surface area (Å²) in [6.45, 7) is 6.18. The molecule has 0 saturated carbocycles. The van der Waals surface area contributed by atoms with Gasteiger partial charge in [-0.3, -0.25) is 9.59 Å². The van der Waals surface area contributed by atoms with Crippen LogP contribution in [0.15, 0.2) is 36.0 Å². The molecule has 1 aliphatic heterocycles. The summed E-state index contributed by atoms with van der Waals surface area (Å²) >= 11 is 0. The normalized spacial score (nSPS) is 21.5. The fourth-order valence-electron chi connectivity index (χ4n) is 3.39. The Kier molecular flexibility index (Phi) is 4.81. The van der Waals surface area contributed by atoms with Crippen LogP contribution in [0.25, 0.3) is 0 Å². The van der Waals surface area contributed by atoms with Crippen LogP contribution in [0.4, 0.5) is 0 Å². The van der Waals surface area contributed by atoms with Crippen molar-refractivity contribution in [2.24, 2.45) is 0 Å². The Labute approximate surface area is 131 Å². The van der Waals surface area contributed by atoms with E-state index in [1.807, 2.05) is 36.1 Å². The number of benzene rings is 1. The minimum absolute atomic E-state index is 0.00750. The highest BCUT2D eigenvalue weighted by Gasteiger charge is 2.45. The molecule has 0 saturated heterocycles. The van der Waals surface area contributed by atoms with E-state index < -0.39 is 5.41 Å². The van der Waals surface area contributed by atoms with Crippen molar-refractivity contribution in [3.63, 3.8) is 0 Å². The lowest BCUT2D eigenvalue weighted by Gasteiger charge is -2.41. The SMILES string of the molecule is CC(=O)C1=CN(CCO)CCC1(C(C)=O)c1ccccc1C. The van der Waals surface area contributed by atoms with Gasteiger partial charge in [-0.25, -0.2) is 0 Å². The van der Waals surface area contributed by atoms with Gasteiger partial charge in [-0.1, -0.05) is 24.3 Å². The highest BCUT2D eigenvalue weighted by atomic mass is 16.3. The molecule has 0 amide bonds. The van der Waals surface area contributed by atoms with Crippen LogP contribution in [-0.2, 0) is 15.0 Å².